The minimum Gasteiger partial charge on any atom is -0.325 e. The van der Waals surface area contributed by atoms with Crippen molar-refractivity contribution in [3.8, 4) is 0 Å². The molecule has 8 heteroatoms. The van der Waals surface area contributed by atoms with Crippen LogP contribution in [0, 0.1) is 5.82 Å². The molecule has 3 rings (SSSR count). The van der Waals surface area contributed by atoms with Gasteiger partial charge in [0.1, 0.15) is 17.9 Å². The summed E-state index contributed by atoms with van der Waals surface area (Å²) in [5.41, 5.74) is 0.0953. The summed E-state index contributed by atoms with van der Waals surface area (Å²) >= 11 is 0. The molecule has 0 aromatic heterocycles. The van der Waals surface area contributed by atoms with Crippen LogP contribution in [0.2, 0.25) is 0 Å². The molecule has 1 aliphatic rings. The van der Waals surface area contributed by atoms with E-state index >= 15 is 0 Å². The lowest BCUT2D eigenvalue weighted by molar-refractivity contribution is -0.134. The average molecular weight is 425 g/mol. The van der Waals surface area contributed by atoms with Crippen LogP contribution in [0.1, 0.15) is 49.0 Å². The second-order valence-corrected chi connectivity index (χ2v) is 7.52. The fourth-order valence-electron chi connectivity index (χ4n) is 3.59. The van der Waals surface area contributed by atoms with E-state index in [-0.39, 0.29) is 5.78 Å². The maximum atomic E-state index is 13.4. The van der Waals surface area contributed by atoms with Gasteiger partial charge in [0.15, 0.2) is 5.78 Å². The van der Waals surface area contributed by atoms with Crippen LogP contribution in [0.3, 0.4) is 0 Å². The predicted molar refractivity (Wildman–Crippen MR) is 113 cm³/mol. The SMILES string of the molecule is CCCCC1(c2ccc(F)cc2)NC(=O)N(CC(=O)Nc2ccc(C(C)=O)cc2)C1=O. The minimum absolute atomic E-state index is 0.0959. The Balaban J connectivity index is 1.77. The van der Waals surface area contributed by atoms with E-state index in [4.69, 9.17) is 0 Å². The molecule has 0 bridgehead atoms. The summed E-state index contributed by atoms with van der Waals surface area (Å²) in [7, 11) is 0. The Morgan fingerprint density at radius 2 is 1.71 bits per heavy atom. The average Bonchev–Trinajstić information content (AvgIpc) is 2.98. The van der Waals surface area contributed by atoms with Crippen molar-refractivity contribution in [3.05, 3.63) is 65.5 Å². The maximum absolute atomic E-state index is 13.4. The van der Waals surface area contributed by atoms with Gasteiger partial charge in [0.05, 0.1) is 0 Å². The number of rotatable bonds is 8. The second kappa shape index (κ2) is 9.07. The molecular weight excluding hydrogens is 401 g/mol. The molecule has 2 aromatic carbocycles. The van der Waals surface area contributed by atoms with Crippen LogP contribution in [-0.2, 0) is 15.1 Å². The molecule has 0 radical (unpaired) electrons. The van der Waals surface area contributed by atoms with Crippen molar-refractivity contribution >= 4 is 29.3 Å². The van der Waals surface area contributed by atoms with Crippen molar-refractivity contribution in [2.75, 3.05) is 11.9 Å². The fraction of sp³-hybridized carbons (Fsp3) is 0.304. The van der Waals surface area contributed by atoms with Gasteiger partial charge in [0, 0.05) is 11.3 Å². The van der Waals surface area contributed by atoms with Crippen LogP contribution < -0.4 is 10.6 Å². The molecule has 1 saturated heterocycles. The third-order valence-electron chi connectivity index (χ3n) is 5.29. The van der Waals surface area contributed by atoms with Crippen LogP contribution in [-0.4, -0.2) is 35.1 Å². The van der Waals surface area contributed by atoms with Crippen LogP contribution in [0.5, 0.6) is 0 Å². The first-order valence-electron chi connectivity index (χ1n) is 10.1. The molecule has 1 fully saturated rings. The molecule has 162 valence electrons. The number of unbranched alkanes of at least 4 members (excludes halogenated alkanes) is 1. The summed E-state index contributed by atoms with van der Waals surface area (Å²) < 4.78 is 13.4. The van der Waals surface area contributed by atoms with Gasteiger partial charge in [-0.1, -0.05) is 31.9 Å². The predicted octanol–water partition coefficient (Wildman–Crippen LogP) is 3.60. The molecule has 31 heavy (non-hydrogen) atoms. The Morgan fingerprint density at radius 3 is 2.29 bits per heavy atom. The van der Waals surface area contributed by atoms with E-state index in [1.165, 1.54) is 31.2 Å². The molecule has 1 atom stereocenters. The molecule has 1 aliphatic heterocycles. The van der Waals surface area contributed by atoms with Gasteiger partial charge in [-0.15, -0.1) is 0 Å². The van der Waals surface area contributed by atoms with E-state index in [2.05, 4.69) is 10.6 Å². The Kier molecular flexibility index (Phi) is 6.48. The number of carbonyl (C=O) groups is 4. The highest BCUT2D eigenvalue weighted by molar-refractivity contribution is 6.10. The molecule has 2 aromatic rings. The van der Waals surface area contributed by atoms with Crippen molar-refractivity contribution in [2.45, 2.75) is 38.6 Å². The van der Waals surface area contributed by atoms with Crippen LogP contribution in [0.4, 0.5) is 14.9 Å². The van der Waals surface area contributed by atoms with Crippen LogP contribution >= 0.6 is 0 Å². The summed E-state index contributed by atoms with van der Waals surface area (Å²) in [6.45, 7) is 2.94. The Bertz CT molecular complexity index is 1000. The topological polar surface area (TPSA) is 95.6 Å². The Labute approximate surface area is 179 Å². The van der Waals surface area contributed by atoms with E-state index in [1.807, 2.05) is 6.92 Å². The van der Waals surface area contributed by atoms with Crippen LogP contribution in [0.15, 0.2) is 48.5 Å². The van der Waals surface area contributed by atoms with Crippen molar-refractivity contribution in [2.24, 2.45) is 0 Å². The zero-order valence-corrected chi connectivity index (χ0v) is 17.4. The van der Waals surface area contributed by atoms with E-state index in [9.17, 15) is 23.6 Å². The Morgan fingerprint density at radius 1 is 1.06 bits per heavy atom. The summed E-state index contributed by atoms with van der Waals surface area (Å²) in [5, 5.41) is 5.34. The number of ketones is 1. The number of urea groups is 1. The molecule has 4 amide bonds. The number of anilines is 1. The number of benzene rings is 2. The first-order valence-corrected chi connectivity index (χ1v) is 10.1. The van der Waals surface area contributed by atoms with Gasteiger partial charge in [0.25, 0.3) is 5.91 Å². The summed E-state index contributed by atoms with van der Waals surface area (Å²) in [6.07, 6.45) is 1.79. The van der Waals surface area contributed by atoms with Gasteiger partial charge >= 0.3 is 6.03 Å². The number of Topliss-reactive ketones (excluding diaryl/α,β-unsaturated/α-hetero) is 1. The second-order valence-electron chi connectivity index (χ2n) is 7.52. The van der Waals surface area contributed by atoms with E-state index < -0.39 is 35.7 Å². The molecule has 0 aliphatic carbocycles. The highest BCUT2D eigenvalue weighted by Crippen LogP contribution is 2.34. The first kappa shape index (κ1) is 22.1. The number of hydrogen-bond donors (Lipinski definition) is 2. The number of imide groups is 1. The highest BCUT2D eigenvalue weighted by atomic mass is 19.1. The quantitative estimate of drug-likeness (QED) is 0.499. The molecular formula is C23H24FN3O4. The lowest BCUT2D eigenvalue weighted by atomic mass is 9.85. The van der Waals surface area contributed by atoms with E-state index in [1.54, 1.807) is 24.3 Å². The number of amides is 4. The number of halogens is 1. The van der Waals surface area contributed by atoms with Gasteiger partial charge in [0.2, 0.25) is 5.91 Å². The molecule has 1 unspecified atom stereocenters. The largest absolute Gasteiger partial charge is 0.325 e. The Hall–Kier alpha value is -3.55. The fourth-order valence-corrected chi connectivity index (χ4v) is 3.59. The zero-order chi connectivity index (χ0) is 22.6. The smallest absolute Gasteiger partial charge is 0.325 e. The maximum Gasteiger partial charge on any atom is 0.325 e. The van der Waals surface area contributed by atoms with E-state index in [0.29, 0.717) is 29.7 Å². The summed E-state index contributed by atoms with van der Waals surface area (Å²) in [4.78, 5) is 50.6. The number of nitrogens with one attached hydrogen (secondary N) is 2. The lowest BCUT2D eigenvalue weighted by Crippen LogP contribution is -2.44. The lowest BCUT2D eigenvalue weighted by Gasteiger charge is -2.27. The normalized spacial score (nSPS) is 18.1. The van der Waals surface area contributed by atoms with E-state index in [0.717, 1.165) is 11.3 Å². The van der Waals surface area contributed by atoms with Gasteiger partial charge in [-0.3, -0.25) is 19.3 Å². The molecule has 0 spiro atoms. The van der Waals surface area contributed by atoms with Crippen molar-refractivity contribution in [1.82, 2.24) is 10.2 Å². The standard InChI is InChI=1S/C23H24FN3O4/c1-3-4-13-23(17-7-9-18(24)10-8-17)21(30)27(22(31)26-23)14-20(29)25-19-11-5-16(6-12-19)15(2)28/h5-12H,3-4,13-14H2,1-2H3,(H,25,29)(H,26,31). The third kappa shape index (κ3) is 4.63. The molecule has 2 N–H and O–H groups in total. The van der Waals surface area contributed by atoms with Crippen molar-refractivity contribution in [1.29, 1.82) is 0 Å². The minimum atomic E-state index is -1.33. The van der Waals surface area contributed by atoms with Gasteiger partial charge in [-0.2, -0.15) is 0 Å². The molecule has 7 nitrogen and oxygen atoms in total. The summed E-state index contributed by atoms with van der Waals surface area (Å²) in [5.74, 6) is -1.64. The highest BCUT2D eigenvalue weighted by Gasteiger charge is 2.52. The number of hydrogen-bond acceptors (Lipinski definition) is 4. The first-order chi connectivity index (χ1) is 14.8. The van der Waals surface area contributed by atoms with Crippen LogP contribution in [0.25, 0.3) is 0 Å². The number of carbonyl (C=O) groups excluding carboxylic acids is 4. The third-order valence-corrected chi connectivity index (χ3v) is 5.29. The molecule has 0 saturated carbocycles. The van der Waals surface area contributed by atoms with Gasteiger partial charge in [-0.25, -0.2) is 9.18 Å². The van der Waals surface area contributed by atoms with Crippen molar-refractivity contribution < 1.29 is 23.6 Å². The van der Waals surface area contributed by atoms with Gasteiger partial charge in [-0.05, 0) is 55.3 Å². The van der Waals surface area contributed by atoms with Crippen molar-refractivity contribution in [3.63, 3.8) is 0 Å². The monoisotopic (exact) mass is 425 g/mol. The van der Waals surface area contributed by atoms with Gasteiger partial charge < -0.3 is 10.6 Å². The number of nitrogens with zero attached hydrogens (tertiary/aromatic N) is 1. The molecule has 1 heterocycles. The zero-order valence-electron chi connectivity index (χ0n) is 17.4. The summed E-state index contributed by atoms with van der Waals surface area (Å²) in [6, 6.07) is 11.1.